The molecule has 0 amide bonds. The highest BCUT2D eigenvalue weighted by atomic mass is 32.2. The summed E-state index contributed by atoms with van der Waals surface area (Å²) < 4.78 is 61.0. The minimum atomic E-state index is -4.72. The Bertz CT molecular complexity index is 659. The first-order chi connectivity index (χ1) is 7.66. The van der Waals surface area contributed by atoms with Gasteiger partial charge in [-0.1, -0.05) is 11.2 Å². The fraction of sp³-hybridized carbons (Fsp3) is 0. The van der Waals surface area contributed by atoms with Crippen molar-refractivity contribution < 1.29 is 31.1 Å². The van der Waals surface area contributed by atoms with Gasteiger partial charge in [0, 0.05) is 5.56 Å². The Morgan fingerprint density at radius 3 is 2.06 bits per heavy atom. The van der Waals surface area contributed by atoms with E-state index in [4.69, 9.17) is 14.3 Å². The molecule has 1 aromatic carbocycles. The zero-order chi connectivity index (χ0) is 13.3. The van der Waals surface area contributed by atoms with E-state index in [0.29, 0.717) is 12.3 Å². The molecule has 94 valence electrons. The number of hydrogen-bond acceptors (Lipinski definition) is 6. The fourth-order valence-electron chi connectivity index (χ4n) is 1.07. The van der Waals surface area contributed by atoms with Crippen LogP contribution in [0.15, 0.2) is 33.1 Å². The average molecular weight is 281 g/mol. The van der Waals surface area contributed by atoms with Gasteiger partial charge in [0.15, 0.2) is 0 Å². The summed E-state index contributed by atoms with van der Waals surface area (Å²) in [5.41, 5.74) is -0.234. The van der Waals surface area contributed by atoms with Crippen molar-refractivity contribution in [2.45, 2.75) is 9.79 Å². The Morgan fingerprint density at radius 2 is 1.65 bits per heavy atom. The Balaban J connectivity index is 3.63. The second-order valence-corrected chi connectivity index (χ2v) is 5.71. The zero-order valence-corrected chi connectivity index (χ0v) is 9.68. The van der Waals surface area contributed by atoms with E-state index in [9.17, 15) is 16.8 Å². The smallest absolute Gasteiger partial charge is 0.295 e. The van der Waals surface area contributed by atoms with E-state index in [2.05, 4.69) is 5.16 Å². The van der Waals surface area contributed by atoms with Crippen LogP contribution in [0, 0.1) is 0 Å². The van der Waals surface area contributed by atoms with Gasteiger partial charge in [-0.25, -0.2) is 0 Å². The number of oxime groups is 1. The van der Waals surface area contributed by atoms with Gasteiger partial charge in [-0.15, -0.1) is 0 Å². The summed E-state index contributed by atoms with van der Waals surface area (Å²) in [7, 11) is -9.32. The van der Waals surface area contributed by atoms with Gasteiger partial charge < -0.3 is 5.21 Å². The van der Waals surface area contributed by atoms with Crippen molar-refractivity contribution in [3.63, 3.8) is 0 Å². The first-order valence-electron chi connectivity index (χ1n) is 3.92. The summed E-state index contributed by atoms with van der Waals surface area (Å²) in [6, 6.07) is 2.38. The molecule has 0 aliphatic carbocycles. The van der Waals surface area contributed by atoms with Crippen LogP contribution in [0.4, 0.5) is 0 Å². The van der Waals surface area contributed by atoms with Crippen LogP contribution in [-0.2, 0) is 20.2 Å². The van der Waals surface area contributed by atoms with Crippen LogP contribution in [0.25, 0.3) is 0 Å². The molecule has 0 radical (unpaired) electrons. The average Bonchev–Trinajstić information content (AvgIpc) is 2.15. The van der Waals surface area contributed by atoms with Crippen LogP contribution in [0.2, 0.25) is 0 Å². The van der Waals surface area contributed by atoms with E-state index in [1.165, 1.54) is 0 Å². The molecule has 8 nitrogen and oxygen atoms in total. The van der Waals surface area contributed by atoms with Crippen LogP contribution in [0.5, 0.6) is 0 Å². The Labute approximate surface area is 96.7 Å². The highest BCUT2D eigenvalue weighted by molar-refractivity contribution is 7.86. The first-order valence-corrected chi connectivity index (χ1v) is 6.81. The van der Waals surface area contributed by atoms with Gasteiger partial charge in [0.1, 0.15) is 4.90 Å². The molecule has 1 rings (SSSR count). The topological polar surface area (TPSA) is 141 Å². The minimum Gasteiger partial charge on any atom is -0.411 e. The summed E-state index contributed by atoms with van der Waals surface area (Å²) in [5.74, 6) is 0. The van der Waals surface area contributed by atoms with Crippen molar-refractivity contribution in [1.82, 2.24) is 0 Å². The normalized spacial score (nSPS) is 13.1. The molecule has 0 atom stereocenters. The number of nitrogens with zero attached hydrogens (tertiary/aromatic N) is 1. The van der Waals surface area contributed by atoms with Gasteiger partial charge >= 0.3 is 0 Å². The lowest BCUT2D eigenvalue weighted by atomic mass is 10.2. The molecule has 3 N–H and O–H groups in total. The van der Waals surface area contributed by atoms with Crippen LogP contribution in [-0.4, -0.2) is 37.4 Å². The van der Waals surface area contributed by atoms with Crippen molar-refractivity contribution in [2.75, 3.05) is 0 Å². The lowest BCUT2D eigenvalue weighted by molar-refractivity contribution is 0.321. The molecule has 0 unspecified atom stereocenters. The minimum absolute atomic E-state index is 0.234. The molecule has 1 aromatic rings. The van der Waals surface area contributed by atoms with Crippen molar-refractivity contribution in [3.8, 4) is 0 Å². The van der Waals surface area contributed by atoms with Crippen LogP contribution in [0.1, 0.15) is 5.56 Å². The lowest BCUT2D eigenvalue weighted by Crippen LogP contribution is -2.06. The third-order valence-electron chi connectivity index (χ3n) is 1.76. The Hall–Kier alpha value is -1.49. The second kappa shape index (κ2) is 4.41. The second-order valence-electron chi connectivity index (χ2n) is 2.89. The SMILES string of the molecule is O=S(=O)(O)c1ccc(C=NO)c(S(=O)(=O)O)c1. The monoisotopic (exact) mass is 281 g/mol. The molecular weight excluding hydrogens is 274 g/mol. The molecule has 0 saturated carbocycles. The van der Waals surface area contributed by atoms with Gasteiger partial charge in [-0.3, -0.25) is 9.11 Å². The molecule has 0 aliphatic heterocycles. The van der Waals surface area contributed by atoms with Crippen molar-refractivity contribution in [1.29, 1.82) is 0 Å². The van der Waals surface area contributed by atoms with E-state index in [-0.39, 0.29) is 5.56 Å². The molecular formula is C7H7NO7S2. The highest BCUT2D eigenvalue weighted by Gasteiger charge is 2.19. The van der Waals surface area contributed by atoms with Crippen LogP contribution in [0.3, 0.4) is 0 Å². The summed E-state index contributed by atoms with van der Waals surface area (Å²) in [5, 5.41) is 10.8. The third kappa shape index (κ3) is 3.23. The largest absolute Gasteiger partial charge is 0.411 e. The third-order valence-corrected chi connectivity index (χ3v) is 3.52. The van der Waals surface area contributed by atoms with Crippen molar-refractivity contribution >= 4 is 26.5 Å². The molecule has 17 heavy (non-hydrogen) atoms. The molecule has 10 heteroatoms. The van der Waals surface area contributed by atoms with Gasteiger partial charge in [-0.2, -0.15) is 16.8 Å². The zero-order valence-electron chi connectivity index (χ0n) is 8.05. The van der Waals surface area contributed by atoms with E-state index >= 15 is 0 Å². The molecule has 0 bridgehead atoms. The van der Waals surface area contributed by atoms with E-state index < -0.39 is 30.0 Å². The van der Waals surface area contributed by atoms with Crippen molar-refractivity contribution in [3.05, 3.63) is 23.8 Å². The number of benzene rings is 1. The molecule has 0 heterocycles. The Morgan fingerprint density at radius 1 is 1.06 bits per heavy atom. The van der Waals surface area contributed by atoms with Crippen molar-refractivity contribution in [2.24, 2.45) is 5.16 Å². The summed E-state index contributed by atoms with van der Waals surface area (Å²) in [6.45, 7) is 0. The fourth-order valence-corrected chi connectivity index (χ4v) is 2.34. The molecule has 0 spiro atoms. The molecule has 0 saturated heterocycles. The number of hydrogen-bond donors (Lipinski definition) is 3. The first kappa shape index (κ1) is 13.6. The summed E-state index contributed by atoms with van der Waals surface area (Å²) in [6.07, 6.45) is 0.691. The summed E-state index contributed by atoms with van der Waals surface area (Å²) in [4.78, 5) is -1.51. The quantitative estimate of drug-likeness (QED) is 0.306. The van der Waals surface area contributed by atoms with Crippen LogP contribution >= 0.6 is 0 Å². The van der Waals surface area contributed by atoms with E-state index in [1.54, 1.807) is 0 Å². The predicted molar refractivity (Wildman–Crippen MR) is 55.5 cm³/mol. The maximum absolute atomic E-state index is 10.9. The van der Waals surface area contributed by atoms with Crippen LogP contribution < -0.4 is 0 Å². The van der Waals surface area contributed by atoms with E-state index in [0.717, 1.165) is 12.1 Å². The maximum Gasteiger partial charge on any atom is 0.295 e. The highest BCUT2D eigenvalue weighted by Crippen LogP contribution is 2.19. The Kier molecular flexibility index (Phi) is 3.52. The molecule has 0 aliphatic rings. The maximum atomic E-state index is 10.9. The predicted octanol–water partition coefficient (Wildman–Crippen LogP) is -0.0119. The molecule has 0 aromatic heterocycles. The molecule has 0 fully saturated rings. The summed E-state index contributed by atoms with van der Waals surface area (Å²) >= 11 is 0. The van der Waals surface area contributed by atoms with E-state index in [1.807, 2.05) is 0 Å². The van der Waals surface area contributed by atoms with Gasteiger partial charge in [0.05, 0.1) is 11.1 Å². The lowest BCUT2D eigenvalue weighted by Gasteiger charge is -2.04. The van der Waals surface area contributed by atoms with Gasteiger partial charge in [-0.05, 0) is 12.1 Å². The number of rotatable bonds is 3. The van der Waals surface area contributed by atoms with Gasteiger partial charge in [0.25, 0.3) is 20.2 Å². The standard InChI is InChI=1S/C7H7NO7S2/c9-8-4-5-1-2-6(16(10,11)12)3-7(5)17(13,14)15/h1-4,9H,(H,10,11,12)(H,13,14,15). The van der Waals surface area contributed by atoms with Gasteiger partial charge in [0.2, 0.25) is 0 Å².